The molecular weight excluding hydrogens is 360 g/mol. The molecule has 0 spiro atoms. The van der Waals surface area contributed by atoms with Gasteiger partial charge in [0.2, 0.25) is 0 Å². The summed E-state index contributed by atoms with van der Waals surface area (Å²) in [5.41, 5.74) is 0.930. The summed E-state index contributed by atoms with van der Waals surface area (Å²) in [6, 6.07) is 6.10. The van der Waals surface area contributed by atoms with Gasteiger partial charge in [-0.25, -0.2) is 9.38 Å². The average Bonchev–Trinajstić information content (AvgIpc) is 2.60. The Morgan fingerprint density at radius 1 is 1.04 bits per heavy atom. The number of hydrogen-bond acceptors (Lipinski definition) is 2. The minimum atomic E-state index is -4.78. The van der Waals surface area contributed by atoms with Gasteiger partial charge >= 0.3 is 6.18 Å². The van der Waals surface area contributed by atoms with Gasteiger partial charge in [-0.1, -0.05) is 0 Å². The number of aliphatic imine (C=N–C) groups is 1. The van der Waals surface area contributed by atoms with Gasteiger partial charge in [0.1, 0.15) is 17.3 Å². The molecule has 0 aliphatic heterocycles. The van der Waals surface area contributed by atoms with Crippen molar-refractivity contribution in [1.29, 1.82) is 0 Å². The average molecular weight is 382 g/mol. The Kier molecular flexibility index (Phi) is 6.46. The highest BCUT2D eigenvalue weighted by Gasteiger charge is 2.34. The van der Waals surface area contributed by atoms with E-state index in [4.69, 9.17) is 4.74 Å². The van der Waals surface area contributed by atoms with Crippen molar-refractivity contribution in [3.63, 3.8) is 0 Å². The topological polar surface area (TPSA) is 24.8 Å². The highest BCUT2D eigenvalue weighted by molar-refractivity contribution is 5.65. The molecule has 0 aliphatic carbocycles. The normalized spacial score (nSPS) is 11.9. The van der Waals surface area contributed by atoms with Crippen molar-refractivity contribution in [2.45, 2.75) is 33.9 Å². The molecule has 0 saturated heterocycles. The molecule has 0 radical (unpaired) electrons. The van der Waals surface area contributed by atoms with Gasteiger partial charge in [0.05, 0.1) is 17.6 Å². The maximum atomic E-state index is 13.4. The Bertz CT molecular complexity index is 827. The van der Waals surface area contributed by atoms with Crippen LogP contribution in [0.25, 0.3) is 0 Å². The lowest BCUT2D eigenvalue weighted by Gasteiger charge is -2.15. The van der Waals surface area contributed by atoms with Crippen LogP contribution in [0.5, 0.6) is 11.5 Å². The molecule has 0 N–H and O–H groups in total. The number of benzene rings is 2. The van der Waals surface area contributed by atoms with Gasteiger partial charge in [0, 0.05) is 13.1 Å². The van der Waals surface area contributed by atoms with Crippen LogP contribution in [0.1, 0.15) is 30.5 Å². The molecule has 3 nitrogen and oxygen atoms in total. The standard InChI is InChI=1S/C20H22F4N2O/c1-5-26(6-2)12-25-18-9-14(4)19(10-13(18)3)27-15-7-8-17(21)16(11-15)20(22,23)24/h7-12H,5-6H2,1-4H3. The van der Waals surface area contributed by atoms with E-state index in [1.807, 2.05) is 25.7 Å². The minimum Gasteiger partial charge on any atom is -0.457 e. The molecule has 0 aromatic heterocycles. The third-order valence-electron chi connectivity index (χ3n) is 4.14. The number of ether oxygens (including phenoxy) is 1. The third-order valence-corrected chi connectivity index (χ3v) is 4.14. The van der Waals surface area contributed by atoms with Crippen molar-refractivity contribution in [1.82, 2.24) is 4.90 Å². The van der Waals surface area contributed by atoms with E-state index < -0.39 is 17.6 Å². The first-order valence-electron chi connectivity index (χ1n) is 8.59. The summed E-state index contributed by atoms with van der Waals surface area (Å²) in [6.07, 6.45) is -3.02. The van der Waals surface area contributed by atoms with Crippen LogP contribution < -0.4 is 4.74 Å². The number of hydrogen-bond donors (Lipinski definition) is 0. The van der Waals surface area contributed by atoms with E-state index in [0.717, 1.165) is 30.4 Å². The zero-order chi connectivity index (χ0) is 20.2. The van der Waals surface area contributed by atoms with Crippen molar-refractivity contribution in [2.75, 3.05) is 13.1 Å². The Balaban J connectivity index is 2.30. The molecule has 0 unspecified atom stereocenters. The fourth-order valence-electron chi connectivity index (χ4n) is 2.47. The maximum absolute atomic E-state index is 13.4. The fraction of sp³-hybridized carbons (Fsp3) is 0.350. The predicted molar refractivity (Wildman–Crippen MR) is 98.5 cm³/mol. The van der Waals surface area contributed by atoms with Crippen LogP contribution in [-0.2, 0) is 6.18 Å². The Hall–Kier alpha value is -2.57. The quantitative estimate of drug-likeness (QED) is 0.335. The molecule has 0 fully saturated rings. The van der Waals surface area contributed by atoms with E-state index in [1.54, 1.807) is 25.4 Å². The lowest BCUT2D eigenvalue weighted by Crippen LogP contribution is -2.20. The second-order valence-corrected chi connectivity index (χ2v) is 6.11. The number of aryl methyl sites for hydroxylation is 2. The van der Waals surface area contributed by atoms with Gasteiger partial charge in [0.15, 0.2) is 0 Å². The van der Waals surface area contributed by atoms with Crippen LogP contribution in [0.15, 0.2) is 35.3 Å². The van der Waals surface area contributed by atoms with Crippen molar-refractivity contribution in [3.05, 3.63) is 52.8 Å². The molecule has 146 valence electrons. The molecule has 0 heterocycles. The second kappa shape index (κ2) is 8.41. The van der Waals surface area contributed by atoms with E-state index >= 15 is 0 Å². The smallest absolute Gasteiger partial charge is 0.419 e. The van der Waals surface area contributed by atoms with E-state index in [9.17, 15) is 17.6 Å². The molecule has 2 rings (SSSR count). The van der Waals surface area contributed by atoms with Gasteiger partial charge in [-0.2, -0.15) is 13.2 Å². The highest BCUT2D eigenvalue weighted by Crippen LogP contribution is 2.36. The van der Waals surface area contributed by atoms with Crippen molar-refractivity contribution in [2.24, 2.45) is 4.99 Å². The first-order valence-corrected chi connectivity index (χ1v) is 8.59. The summed E-state index contributed by atoms with van der Waals surface area (Å²) in [7, 11) is 0. The van der Waals surface area contributed by atoms with Crippen LogP contribution in [0, 0.1) is 19.7 Å². The van der Waals surface area contributed by atoms with Crippen LogP contribution in [0.3, 0.4) is 0 Å². The Morgan fingerprint density at radius 3 is 2.30 bits per heavy atom. The number of alkyl halides is 3. The molecular formula is C20H22F4N2O. The second-order valence-electron chi connectivity index (χ2n) is 6.11. The Morgan fingerprint density at radius 2 is 1.70 bits per heavy atom. The minimum absolute atomic E-state index is 0.0781. The van der Waals surface area contributed by atoms with Gasteiger partial charge in [0.25, 0.3) is 0 Å². The van der Waals surface area contributed by atoms with E-state index in [0.29, 0.717) is 17.4 Å². The molecule has 0 bridgehead atoms. The maximum Gasteiger partial charge on any atom is 0.419 e. The molecule has 0 saturated carbocycles. The SMILES string of the molecule is CCN(C=Nc1cc(C)c(Oc2ccc(F)c(C(F)(F)F)c2)cc1C)CC. The van der Waals surface area contributed by atoms with Crippen LogP contribution >= 0.6 is 0 Å². The molecule has 0 amide bonds. The lowest BCUT2D eigenvalue weighted by atomic mass is 10.1. The Labute approximate surface area is 156 Å². The molecule has 2 aromatic rings. The van der Waals surface area contributed by atoms with Crippen molar-refractivity contribution in [3.8, 4) is 11.5 Å². The number of rotatable bonds is 6. The monoisotopic (exact) mass is 382 g/mol. The highest BCUT2D eigenvalue weighted by atomic mass is 19.4. The molecule has 0 atom stereocenters. The first kappa shape index (κ1) is 20.7. The summed E-state index contributed by atoms with van der Waals surface area (Å²) in [5, 5.41) is 0. The molecule has 7 heteroatoms. The zero-order valence-corrected chi connectivity index (χ0v) is 15.7. The molecule has 0 aliphatic rings. The van der Waals surface area contributed by atoms with Crippen LogP contribution in [-0.4, -0.2) is 24.3 Å². The predicted octanol–water partition coefficient (Wildman–Crippen LogP) is 6.26. The van der Waals surface area contributed by atoms with Crippen molar-refractivity contribution < 1.29 is 22.3 Å². The molecule has 2 aromatic carbocycles. The number of nitrogens with zero attached hydrogens (tertiary/aromatic N) is 2. The summed E-state index contributed by atoms with van der Waals surface area (Å²) in [5.74, 6) is -1.01. The van der Waals surface area contributed by atoms with Gasteiger partial charge < -0.3 is 9.64 Å². The first-order chi connectivity index (χ1) is 12.7. The third kappa shape index (κ3) is 5.21. The van der Waals surface area contributed by atoms with Gasteiger partial charge in [-0.15, -0.1) is 0 Å². The van der Waals surface area contributed by atoms with E-state index in [2.05, 4.69) is 4.99 Å². The van der Waals surface area contributed by atoms with Crippen LogP contribution in [0.2, 0.25) is 0 Å². The summed E-state index contributed by atoms with van der Waals surface area (Å²) in [4.78, 5) is 6.50. The van der Waals surface area contributed by atoms with Gasteiger partial charge in [-0.3, -0.25) is 0 Å². The summed E-state index contributed by atoms with van der Waals surface area (Å²) >= 11 is 0. The van der Waals surface area contributed by atoms with E-state index in [1.165, 1.54) is 6.07 Å². The largest absolute Gasteiger partial charge is 0.457 e. The zero-order valence-electron chi connectivity index (χ0n) is 15.7. The number of halogens is 4. The lowest BCUT2D eigenvalue weighted by molar-refractivity contribution is -0.140. The fourth-order valence-corrected chi connectivity index (χ4v) is 2.47. The van der Waals surface area contributed by atoms with Crippen LogP contribution in [0.4, 0.5) is 23.2 Å². The summed E-state index contributed by atoms with van der Waals surface area (Å²) in [6.45, 7) is 9.36. The van der Waals surface area contributed by atoms with Gasteiger partial charge in [-0.05, 0) is 69.2 Å². The van der Waals surface area contributed by atoms with Crippen molar-refractivity contribution >= 4 is 12.0 Å². The molecule has 27 heavy (non-hydrogen) atoms. The van der Waals surface area contributed by atoms with E-state index in [-0.39, 0.29) is 5.75 Å². The summed E-state index contributed by atoms with van der Waals surface area (Å²) < 4.78 is 57.6.